The Hall–Kier alpha value is -3.22. The highest BCUT2D eigenvalue weighted by atomic mass is 19.1. The minimum atomic E-state index is -0.506. The van der Waals surface area contributed by atoms with E-state index < -0.39 is 5.97 Å². The van der Waals surface area contributed by atoms with Gasteiger partial charge in [-0.25, -0.2) is 13.9 Å². The van der Waals surface area contributed by atoms with Crippen molar-refractivity contribution >= 4 is 5.97 Å². The summed E-state index contributed by atoms with van der Waals surface area (Å²) in [5, 5.41) is 4.59. The van der Waals surface area contributed by atoms with Crippen LogP contribution in [-0.4, -0.2) is 20.3 Å². The molecule has 0 amide bonds. The third-order valence-electron chi connectivity index (χ3n) is 4.75. The zero-order valence-electron chi connectivity index (χ0n) is 14.8. The molecule has 1 aliphatic carbocycles. The topological polar surface area (TPSA) is 66.1 Å². The first-order valence-corrected chi connectivity index (χ1v) is 8.72. The minimum absolute atomic E-state index is 0.0538. The molecular formula is C20H18FN3O3. The summed E-state index contributed by atoms with van der Waals surface area (Å²) in [7, 11) is 1.58. The van der Waals surface area contributed by atoms with E-state index in [1.807, 2.05) is 0 Å². The van der Waals surface area contributed by atoms with Crippen LogP contribution in [-0.2, 0) is 31.2 Å². The summed E-state index contributed by atoms with van der Waals surface area (Å²) in [6.45, 7) is 0.0538. The predicted molar refractivity (Wildman–Crippen MR) is 96.3 cm³/mol. The van der Waals surface area contributed by atoms with E-state index in [0.29, 0.717) is 11.3 Å². The molecule has 0 spiro atoms. The van der Waals surface area contributed by atoms with Crippen molar-refractivity contribution in [2.24, 2.45) is 7.05 Å². The average molecular weight is 367 g/mol. The fourth-order valence-electron chi connectivity index (χ4n) is 3.36. The van der Waals surface area contributed by atoms with Crippen LogP contribution >= 0.6 is 0 Å². The zero-order valence-corrected chi connectivity index (χ0v) is 14.8. The van der Waals surface area contributed by atoms with Crippen LogP contribution in [0.25, 0.3) is 5.69 Å². The van der Waals surface area contributed by atoms with Crippen LogP contribution < -0.4 is 5.56 Å². The molecule has 6 nitrogen and oxygen atoms in total. The molecule has 0 fully saturated rings. The predicted octanol–water partition coefficient (Wildman–Crippen LogP) is 2.56. The van der Waals surface area contributed by atoms with Gasteiger partial charge in [-0.2, -0.15) is 5.10 Å². The van der Waals surface area contributed by atoms with Gasteiger partial charge in [0.15, 0.2) is 0 Å². The van der Waals surface area contributed by atoms with Crippen molar-refractivity contribution in [2.75, 3.05) is 0 Å². The molecule has 2 heterocycles. The fourth-order valence-corrected chi connectivity index (χ4v) is 3.36. The molecular weight excluding hydrogens is 349 g/mol. The second-order valence-corrected chi connectivity index (χ2v) is 6.56. The van der Waals surface area contributed by atoms with Crippen molar-refractivity contribution < 1.29 is 13.9 Å². The van der Waals surface area contributed by atoms with Crippen molar-refractivity contribution in [3.05, 3.63) is 81.3 Å². The summed E-state index contributed by atoms with van der Waals surface area (Å²) in [4.78, 5) is 23.7. The Balaban J connectivity index is 1.57. The lowest BCUT2D eigenvalue weighted by Gasteiger charge is -2.06. The van der Waals surface area contributed by atoms with Crippen LogP contribution in [0.1, 0.15) is 33.7 Å². The fraction of sp³-hybridized carbons (Fsp3) is 0.250. The van der Waals surface area contributed by atoms with E-state index >= 15 is 0 Å². The Morgan fingerprint density at radius 1 is 1.19 bits per heavy atom. The molecule has 0 bridgehead atoms. The van der Waals surface area contributed by atoms with Gasteiger partial charge in [-0.1, -0.05) is 0 Å². The summed E-state index contributed by atoms with van der Waals surface area (Å²) in [6, 6.07) is 8.95. The maximum atomic E-state index is 13.2. The lowest BCUT2D eigenvalue weighted by Crippen LogP contribution is -2.17. The van der Waals surface area contributed by atoms with Crippen molar-refractivity contribution in [1.82, 2.24) is 14.3 Å². The first kappa shape index (κ1) is 17.2. The molecule has 0 unspecified atom stereocenters. The Bertz CT molecular complexity index is 1070. The molecule has 4 rings (SSSR count). The Morgan fingerprint density at radius 2 is 1.96 bits per heavy atom. The third kappa shape index (κ3) is 3.28. The quantitative estimate of drug-likeness (QED) is 0.665. The molecule has 0 N–H and O–H groups in total. The lowest BCUT2D eigenvalue weighted by atomic mass is 10.2. The van der Waals surface area contributed by atoms with Crippen LogP contribution in [0.3, 0.4) is 0 Å². The monoisotopic (exact) mass is 367 g/mol. The second kappa shape index (κ2) is 6.83. The van der Waals surface area contributed by atoms with Crippen LogP contribution in [0.5, 0.6) is 0 Å². The standard InChI is InChI=1S/C20H18FN3O3/c1-23-11-13(5-10-19(23)25)20(26)27-12-17-16-3-2-4-18(16)24(22-17)15-8-6-14(21)7-9-15/h5-11H,2-4,12H2,1H3. The van der Waals surface area contributed by atoms with E-state index in [0.717, 1.165) is 36.2 Å². The van der Waals surface area contributed by atoms with Gasteiger partial charge in [0.25, 0.3) is 0 Å². The number of aromatic nitrogens is 3. The maximum absolute atomic E-state index is 13.2. The summed E-state index contributed by atoms with van der Waals surface area (Å²) in [5.74, 6) is -0.803. The highest BCUT2D eigenvalue weighted by molar-refractivity contribution is 5.88. The molecule has 0 saturated carbocycles. The molecule has 27 heavy (non-hydrogen) atoms. The number of fused-ring (bicyclic) bond motifs is 1. The first-order valence-electron chi connectivity index (χ1n) is 8.72. The van der Waals surface area contributed by atoms with E-state index in [1.165, 1.54) is 35.0 Å². The average Bonchev–Trinajstić information content (AvgIpc) is 3.26. The number of pyridine rings is 1. The summed E-state index contributed by atoms with van der Waals surface area (Å²) >= 11 is 0. The van der Waals surface area contributed by atoms with E-state index in [9.17, 15) is 14.0 Å². The van der Waals surface area contributed by atoms with Gasteiger partial charge in [0, 0.05) is 30.6 Å². The van der Waals surface area contributed by atoms with E-state index in [2.05, 4.69) is 5.10 Å². The van der Waals surface area contributed by atoms with Crippen LogP contribution in [0.4, 0.5) is 4.39 Å². The number of ether oxygens (including phenoxy) is 1. The van der Waals surface area contributed by atoms with E-state index in [-0.39, 0.29) is 18.0 Å². The number of rotatable bonds is 4. The number of nitrogens with zero attached hydrogens (tertiary/aromatic N) is 3. The molecule has 0 atom stereocenters. The Kier molecular flexibility index (Phi) is 4.35. The summed E-state index contributed by atoms with van der Waals surface area (Å²) in [5.41, 5.74) is 3.78. The first-order chi connectivity index (χ1) is 13.0. The Labute approximate surface area is 154 Å². The number of carbonyl (C=O) groups excluding carboxylic acids is 1. The molecule has 0 saturated heterocycles. The molecule has 2 aromatic heterocycles. The van der Waals surface area contributed by atoms with Crippen LogP contribution in [0, 0.1) is 5.82 Å². The number of halogens is 1. The SMILES string of the molecule is Cn1cc(C(=O)OCc2nn(-c3ccc(F)cc3)c3c2CCC3)ccc1=O. The molecule has 138 valence electrons. The minimum Gasteiger partial charge on any atom is -0.455 e. The molecule has 1 aromatic carbocycles. The van der Waals surface area contributed by atoms with Crippen molar-refractivity contribution in [3.8, 4) is 5.69 Å². The largest absolute Gasteiger partial charge is 0.455 e. The summed E-state index contributed by atoms with van der Waals surface area (Å²) < 4.78 is 21.7. The number of aryl methyl sites for hydroxylation is 1. The number of esters is 1. The smallest absolute Gasteiger partial charge is 0.340 e. The van der Waals surface area contributed by atoms with Crippen LogP contribution in [0.15, 0.2) is 47.4 Å². The summed E-state index contributed by atoms with van der Waals surface area (Å²) in [6.07, 6.45) is 4.22. The van der Waals surface area contributed by atoms with Gasteiger partial charge in [-0.05, 0) is 49.6 Å². The highest BCUT2D eigenvalue weighted by Crippen LogP contribution is 2.28. The lowest BCUT2D eigenvalue weighted by molar-refractivity contribution is 0.0465. The highest BCUT2D eigenvalue weighted by Gasteiger charge is 2.24. The number of benzene rings is 1. The number of hydrogen-bond acceptors (Lipinski definition) is 4. The van der Waals surface area contributed by atoms with Crippen molar-refractivity contribution in [3.63, 3.8) is 0 Å². The number of carbonyl (C=O) groups is 1. The maximum Gasteiger partial charge on any atom is 0.340 e. The Morgan fingerprint density at radius 3 is 2.70 bits per heavy atom. The third-order valence-corrected chi connectivity index (χ3v) is 4.75. The molecule has 0 aliphatic heterocycles. The van der Waals surface area contributed by atoms with E-state index in [4.69, 9.17) is 4.74 Å². The molecule has 0 radical (unpaired) electrons. The second-order valence-electron chi connectivity index (χ2n) is 6.56. The van der Waals surface area contributed by atoms with Crippen molar-refractivity contribution in [2.45, 2.75) is 25.9 Å². The number of hydrogen-bond donors (Lipinski definition) is 0. The van der Waals surface area contributed by atoms with Gasteiger partial charge in [0.1, 0.15) is 18.1 Å². The van der Waals surface area contributed by atoms with E-state index in [1.54, 1.807) is 23.9 Å². The zero-order chi connectivity index (χ0) is 19.0. The van der Waals surface area contributed by atoms with Gasteiger partial charge in [-0.3, -0.25) is 4.79 Å². The van der Waals surface area contributed by atoms with Gasteiger partial charge in [-0.15, -0.1) is 0 Å². The van der Waals surface area contributed by atoms with Gasteiger partial charge in [0.05, 0.1) is 11.3 Å². The molecule has 7 heteroatoms. The van der Waals surface area contributed by atoms with Crippen LogP contribution in [0.2, 0.25) is 0 Å². The van der Waals surface area contributed by atoms with Gasteiger partial charge < -0.3 is 9.30 Å². The van der Waals surface area contributed by atoms with Gasteiger partial charge >= 0.3 is 5.97 Å². The molecule has 1 aliphatic rings. The van der Waals surface area contributed by atoms with Crippen molar-refractivity contribution in [1.29, 1.82) is 0 Å². The molecule has 3 aromatic rings. The van der Waals surface area contributed by atoms with Gasteiger partial charge in [0.2, 0.25) is 5.56 Å². The normalized spacial score (nSPS) is 12.8.